The van der Waals surface area contributed by atoms with Crippen molar-refractivity contribution in [2.75, 3.05) is 13.7 Å². The smallest absolute Gasteiger partial charge is 0.238 e. The van der Waals surface area contributed by atoms with Gasteiger partial charge in [-0.2, -0.15) is 5.10 Å². The average Bonchev–Trinajstić information content (AvgIpc) is 3.53. The van der Waals surface area contributed by atoms with Gasteiger partial charge in [-0.25, -0.2) is 9.98 Å². The average molecular weight is 397 g/mol. The van der Waals surface area contributed by atoms with E-state index in [0.29, 0.717) is 18.9 Å². The molecule has 4 heterocycles. The lowest BCUT2D eigenvalue weighted by Gasteiger charge is -2.11. The summed E-state index contributed by atoms with van der Waals surface area (Å²) in [4.78, 5) is 9.54. The number of benzene rings is 2. The number of imidazole rings is 1. The van der Waals surface area contributed by atoms with E-state index >= 15 is 0 Å². The Kier molecular flexibility index (Phi) is 3.74. The van der Waals surface area contributed by atoms with Gasteiger partial charge in [0.1, 0.15) is 30.4 Å². The van der Waals surface area contributed by atoms with Gasteiger partial charge in [-0.1, -0.05) is 30.3 Å². The Labute approximate surface area is 173 Å². The van der Waals surface area contributed by atoms with Gasteiger partial charge in [0.25, 0.3) is 0 Å². The highest BCUT2D eigenvalue weighted by Gasteiger charge is 2.29. The van der Waals surface area contributed by atoms with Crippen LogP contribution in [0.15, 0.2) is 66.0 Å². The number of rotatable bonds is 3. The summed E-state index contributed by atoms with van der Waals surface area (Å²) in [7, 11) is 1.67. The van der Waals surface area contributed by atoms with Crippen molar-refractivity contribution in [3.8, 4) is 22.7 Å². The maximum atomic E-state index is 6.00. The second-order valence-electron chi connectivity index (χ2n) is 7.41. The summed E-state index contributed by atoms with van der Waals surface area (Å²) in [6, 6.07) is 16.2. The standard InChI is InChI=1S/C23H19N5O2/c1-29-16-7-8-19-17(10-16)21-15(11-25-27-21)9-20-22(24-13-28(19)20)23-26-18(12-30-23)14-5-3-2-4-6-14/h2-8,10-11,13,18H,9,12H2,1H3,(H,25,27). The molecule has 0 saturated heterocycles. The number of H-pyrrole nitrogens is 1. The van der Waals surface area contributed by atoms with Crippen LogP contribution in [0.4, 0.5) is 0 Å². The molecule has 4 aromatic rings. The van der Waals surface area contributed by atoms with Crippen molar-refractivity contribution in [3.63, 3.8) is 0 Å². The molecule has 6 rings (SSSR count). The molecule has 0 fully saturated rings. The monoisotopic (exact) mass is 397 g/mol. The van der Waals surface area contributed by atoms with E-state index in [-0.39, 0.29) is 6.04 Å². The third kappa shape index (κ3) is 2.55. The number of aliphatic imine (C=N–C) groups is 1. The van der Waals surface area contributed by atoms with Crippen LogP contribution in [0.2, 0.25) is 0 Å². The van der Waals surface area contributed by atoms with Gasteiger partial charge >= 0.3 is 0 Å². The Hall–Kier alpha value is -3.87. The Balaban J connectivity index is 1.48. The van der Waals surface area contributed by atoms with Crippen LogP contribution in [0, 0.1) is 0 Å². The molecule has 2 aromatic carbocycles. The topological polar surface area (TPSA) is 77.3 Å². The first-order valence-corrected chi connectivity index (χ1v) is 9.85. The lowest BCUT2D eigenvalue weighted by Crippen LogP contribution is -2.08. The Bertz CT molecular complexity index is 1270. The van der Waals surface area contributed by atoms with Crippen molar-refractivity contribution >= 4 is 5.90 Å². The largest absolute Gasteiger partial charge is 0.497 e. The summed E-state index contributed by atoms with van der Waals surface area (Å²) in [5.74, 6) is 1.40. The Morgan fingerprint density at radius 1 is 1.17 bits per heavy atom. The molecule has 0 bridgehead atoms. The minimum Gasteiger partial charge on any atom is -0.497 e. The predicted molar refractivity (Wildman–Crippen MR) is 112 cm³/mol. The third-order valence-corrected chi connectivity index (χ3v) is 5.71. The fourth-order valence-electron chi connectivity index (χ4n) is 4.19. The summed E-state index contributed by atoms with van der Waals surface area (Å²) in [5.41, 5.74) is 7.11. The highest BCUT2D eigenvalue weighted by atomic mass is 16.5. The second-order valence-corrected chi connectivity index (χ2v) is 7.41. The van der Waals surface area contributed by atoms with Crippen molar-refractivity contribution in [1.82, 2.24) is 19.7 Å². The van der Waals surface area contributed by atoms with E-state index in [1.54, 1.807) is 7.11 Å². The molecule has 0 saturated carbocycles. The van der Waals surface area contributed by atoms with Crippen LogP contribution in [0.3, 0.4) is 0 Å². The number of hydrogen-bond acceptors (Lipinski definition) is 5. The van der Waals surface area contributed by atoms with E-state index in [1.807, 2.05) is 48.9 Å². The van der Waals surface area contributed by atoms with E-state index in [9.17, 15) is 0 Å². The van der Waals surface area contributed by atoms with Crippen LogP contribution >= 0.6 is 0 Å². The normalized spacial score (nSPS) is 16.7. The molecule has 1 unspecified atom stereocenters. The van der Waals surface area contributed by atoms with Crippen LogP contribution in [0.1, 0.15) is 28.6 Å². The number of ether oxygens (including phenoxy) is 2. The van der Waals surface area contributed by atoms with Gasteiger partial charge in [0.15, 0.2) is 0 Å². The molecule has 2 aliphatic heterocycles. The quantitative estimate of drug-likeness (QED) is 0.504. The third-order valence-electron chi connectivity index (χ3n) is 5.71. The van der Waals surface area contributed by atoms with Gasteiger partial charge < -0.3 is 14.0 Å². The lowest BCUT2D eigenvalue weighted by molar-refractivity contribution is 0.319. The Morgan fingerprint density at radius 3 is 2.93 bits per heavy atom. The lowest BCUT2D eigenvalue weighted by atomic mass is 10.0. The highest BCUT2D eigenvalue weighted by Crippen LogP contribution is 2.37. The first-order valence-electron chi connectivity index (χ1n) is 9.85. The van der Waals surface area contributed by atoms with Crippen LogP contribution in [0.5, 0.6) is 5.75 Å². The highest BCUT2D eigenvalue weighted by molar-refractivity contribution is 5.95. The van der Waals surface area contributed by atoms with E-state index in [4.69, 9.17) is 19.5 Å². The molecule has 148 valence electrons. The zero-order valence-electron chi connectivity index (χ0n) is 16.4. The van der Waals surface area contributed by atoms with Crippen molar-refractivity contribution in [1.29, 1.82) is 0 Å². The molecule has 1 N–H and O–H groups in total. The number of aromatic nitrogens is 4. The SMILES string of the molecule is COc1ccc2c(c1)-c1[nH]ncc1Cc1c(C3=NC(c4ccccc4)CO3)ncn1-2. The van der Waals surface area contributed by atoms with E-state index in [1.165, 1.54) is 0 Å². The van der Waals surface area contributed by atoms with Gasteiger partial charge in [0, 0.05) is 17.5 Å². The molecular weight excluding hydrogens is 378 g/mol. The zero-order chi connectivity index (χ0) is 20.1. The number of fused-ring (bicyclic) bond motifs is 5. The van der Waals surface area contributed by atoms with Crippen LogP contribution in [-0.4, -0.2) is 39.4 Å². The van der Waals surface area contributed by atoms with Gasteiger partial charge in [0.2, 0.25) is 5.90 Å². The summed E-state index contributed by atoms with van der Waals surface area (Å²) in [6.45, 7) is 0.524. The van der Waals surface area contributed by atoms with Crippen molar-refractivity contribution in [2.45, 2.75) is 12.5 Å². The maximum absolute atomic E-state index is 6.00. The second kappa shape index (κ2) is 6.59. The first-order chi connectivity index (χ1) is 14.8. The summed E-state index contributed by atoms with van der Waals surface area (Å²) in [6.07, 6.45) is 4.39. The van der Waals surface area contributed by atoms with Gasteiger partial charge in [-0.05, 0) is 23.8 Å². The predicted octanol–water partition coefficient (Wildman–Crippen LogP) is 3.69. The van der Waals surface area contributed by atoms with Crippen molar-refractivity contribution in [3.05, 3.63) is 83.6 Å². The number of nitrogens with one attached hydrogen (secondary N) is 1. The fraction of sp³-hybridized carbons (Fsp3) is 0.174. The van der Waals surface area contributed by atoms with Gasteiger partial charge in [-0.15, -0.1) is 0 Å². The fourth-order valence-corrected chi connectivity index (χ4v) is 4.19. The van der Waals surface area contributed by atoms with Gasteiger partial charge in [-0.3, -0.25) is 5.10 Å². The summed E-state index contributed by atoms with van der Waals surface area (Å²) < 4.78 is 13.5. The molecule has 0 amide bonds. The first kappa shape index (κ1) is 17.0. The molecule has 0 spiro atoms. The molecule has 1 atom stereocenters. The summed E-state index contributed by atoms with van der Waals surface area (Å²) in [5, 5.41) is 7.43. The molecule has 0 aliphatic carbocycles. The number of methoxy groups -OCH3 is 1. The molecule has 0 radical (unpaired) electrons. The molecule has 7 nitrogen and oxygen atoms in total. The van der Waals surface area contributed by atoms with Crippen LogP contribution in [-0.2, 0) is 11.2 Å². The number of hydrogen-bond donors (Lipinski definition) is 1. The Morgan fingerprint density at radius 2 is 2.07 bits per heavy atom. The van der Waals surface area contributed by atoms with E-state index < -0.39 is 0 Å². The van der Waals surface area contributed by atoms with E-state index in [0.717, 1.165) is 45.2 Å². The van der Waals surface area contributed by atoms with Gasteiger partial charge in [0.05, 0.1) is 30.4 Å². The number of nitrogens with zero attached hydrogens (tertiary/aromatic N) is 4. The molecule has 30 heavy (non-hydrogen) atoms. The molecule has 2 aliphatic rings. The van der Waals surface area contributed by atoms with Crippen molar-refractivity contribution in [2.24, 2.45) is 4.99 Å². The number of aromatic amines is 1. The van der Waals surface area contributed by atoms with E-state index in [2.05, 4.69) is 26.9 Å². The maximum Gasteiger partial charge on any atom is 0.238 e. The van der Waals surface area contributed by atoms with Crippen LogP contribution in [0.25, 0.3) is 16.9 Å². The minimum atomic E-state index is -0.00892. The summed E-state index contributed by atoms with van der Waals surface area (Å²) >= 11 is 0. The van der Waals surface area contributed by atoms with Crippen LogP contribution < -0.4 is 4.74 Å². The molecule has 2 aromatic heterocycles. The zero-order valence-corrected chi connectivity index (χ0v) is 16.4. The molecular formula is C23H19N5O2. The minimum absolute atomic E-state index is 0.00892. The molecule has 7 heteroatoms. The van der Waals surface area contributed by atoms with Crippen molar-refractivity contribution < 1.29 is 9.47 Å².